The van der Waals surface area contributed by atoms with Crippen LogP contribution in [0.15, 0.2) is 24.3 Å². The summed E-state index contributed by atoms with van der Waals surface area (Å²) >= 11 is 0. The molecule has 8 nitrogen and oxygen atoms in total. The number of nitrogens with one attached hydrogen (secondary N) is 1. The highest BCUT2D eigenvalue weighted by atomic mass is 32.2. The maximum atomic E-state index is 16.0. The highest BCUT2D eigenvalue weighted by molar-refractivity contribution is 7.88. The van der Waals surface area contributed by atoms with Crippen molar-refractivity contribution in [2.45, 2.75) is 83.9 Å². The first-order valence-electron chi connectivity index (χ1n) is 12.9. The van der Waals surface area contributed by atoms with Crippen LogP contribution in [0.25, 0.3) is 11.1 Å². The summed E-state index contributed by atoms with van der Waals surface area (Å²) in [4.78, 5) is 25.1. The number of amides is 1. The number of hydrogen-bond donors (Lipinski definition) is 1. The zero-order chi connectivity index (χ0) is 30.9. The molecule has 0 bridgehead atoms. The molecule has 0 radical (unpaired) electrons. The predicted molar refractivity (Wildman–Crippen MR) is 142 cm³/mol. The molecule has 1 saturated carbocycles. The molecule has 0 unspecified atom stereocenters. The molecule has 41 heavy (non-hydrogen) atoms. The lowest BCUT2D eigenvalue weighted by Crippen LogP contribution is -2.36. The SMILES string of the molecule is CCOC(=O)C[C@H](NC(=O)OC(C)(C)C)c1cc(-c2c(C)cc(C)cc2OS(=O)(=O)C(F)(F)F)cc(C2CC2)c1F. The first-order valence-corrected chi connectivity index (χ1v) is 14.3. The molecule has 13 heteroatoms. The van der Waals surface area contributed by atoms with Crippen LogP contribution in [0.3, 0.4) is 0 Å². The Balaban J connectivity index is 2.23. The van der Waals surface area contributed by atoms with E-state index in [1.807, 2.05) is 0 Å². The topological polar surface area (TPSA) is 108 Å². The first kappa shape index (κ1) is 32.2. The van der Waals surface area contributed by atoms with Crippen LogP contribution in [0.4, 0.5) is 22.4 Å². The summed E-state index contributed by atoms with van der Waals surface area (Å²) < 4.78 is 94.4. The summed E-state index contributed by atoms with van der Waals surface area (Å²) in [5, 5.41) is 2.50. The zero-order valence-electron chi connectivity index (χ0n) is 23.6. The lowest BCUT2D eigenvalue weighted by atomic mass is 9.90. The maximum Gasteiger partial charge on any atom is 0.534 e. The molecule has 226 valence electrons. The number of esters is 1. The van der Waals surface area contributed by atoms with Crippen LogP contribution in [-0.4, -0.2) is 38.2 Å². The third-order valence-electron chi connectivity index (χ3n) is 6.10. The monoisotopic (exact) mass is 603 g/mol. The number of hydrogen-bond acceptors (Lipinski definition) is 7. The highest BCUT2D eigenvalue weighted by Gasteiger charge is 2.49. The van der Waals surface area contributed by atoms with Gasteiger partial charge in [0.2, 0.25) is 0 Å². The van der Waals surface area contributed by atoms with Crippen molar-refractivity contribution in [2.75, 3.05) is 6.61 Å². The Hall–Kier alpha value is -3.35. The van der Waals surface area contributed by atoms with Crippen molar-refractivity contribution >= 4 is 22.2 Å². The van der Waals surface area contributed by atoms with Gasteiger partial charge in [0, 0.05) is 11.1 Å². The molecule has 0 aliphatic heterocycles. The highest BCUT2D eigenvalue weighted by Crippen LogP contribution is 2.46. The van der Waals surface area contributed by atoms with Crippen LogP contribution in [0.1, 0.15) is 81.2 Å². The third kappa shape index (κ3) is 8.11. The van der Waals surface area contributed by atoms with E-state index in [2.05, 4.69) is 9.50 Å². The smallest absolute Gasteiger partial charge is 0.466 e. The quantitative estimate of drug-likeness (QED) is 0.146. The van der Waals surface area contributed by atoms with E-state index in [1.54, 1.807) is 47.6 Å². The second-order valence-electron chi connectivity index (χ2n) is 10.9. The molecule has 1 N–H and O–H groups in total. The van der Waals surface area contributed by atoms with Gasteiger partial charge >= 0.3 is 27.7 Å². The number of halogens is 4. The normalized spacial score (nSPS) is 14.8. The van der Waals surface area contributed by atoms with Gasteiger partial charge in [-0.2, -0.15) is 21.6 Å². The Labute approximate surface area is 236 Å². The van der Waals surface area contributed by atoms with Gasteiger partial charge in [-0.05, 0) is 101 Å². The molecule has 1 amide bonds. The van der Waals surface area contributed by atoms with Crippen molar-refractivity contribution in [1.82, 2.24) is 5.32 Å². The van der Waals surface area contributed by atoms with E-state index >= 15 is 4.39 Å². The molecule has 2 aromatic carbocycles. The van der Waals surface area contributed by atoms with Crippen LogP contribution in [0, 0.1) is 19.7 Å². The molecule has 1 atom stereocenters. The molecule has 3 rings (SSSR count). The molecule has 1 fully saturated rings. The molecule has 0 spiro atoms. The largest absolute Gasteiger partial charge is 0.534 e. The first-order chi connectivity index (χ1) is 18.8. The summed E-state index contributed by atoms with van der Waals surface area (Å²) in [6.07, 6.45) is -0.131. The van der Waals surface area contributed by atoms with E-state index in [0.717, 1.165) is 6.07 Å². The van der Waals surface area contributed by atoms with Gasteiger partial charge in [0.25, 0.3) is 0 Å². The van der Waals surface area contributed by atoms with Crippen LogP contribution < -0.4 is 9.50 Å². The fraction of sp³-hybridized carbons (Fsp3) is 0.500. The molecule has 1 aliphatic carbocycles. The number of carbonyl (C=O) groups is 2. The minimum absolute atomic E-state index is 0.0151. The summed E-state index contributed by atoms with van der Waals surface area (Å²) in [5.74, 6) is -2.26. The second kappa shape index (κ2) is 11.9. The van der Waals surface area contributed by atoms with Crippen LogP contribution in [0.5, 0.6) is 5.75 Å². The summed E-state index contributed by atoms with van der Waals surface area (Å²) in [6, 6.07) is 4.15. The van der Waals surface area contributed by atoms with Crippen molar-refractivity contribution in [2.24, 2.45) is 0 Å². The number of benzene rings is 2. The zero-order valence-corrected chi connectivity index (χ0v) is 24.4. The second-order valence-corrected chi connectivity index (χ2v) is 12.4. The van der Waals surface area contributed by atoms with Gasteiger partial charge in [0.05, 0.1) is 19.1 Å². The lowest BCUT2D eigenvalue weighted by Gasteiger charge is -2.25. The van der Waals surface area contributed by atoms with E-state index in [9.17, 15) is 31.2 Å². The van der Waals surface area contributed by atoms with E-state index in [1.165, 1.54) is 12.1 Å². The molecule has 1 aliphatic rings. The number of aryl methyl sites for hydroxylation is 2. The average molecular weight is 604 g/mol. The van der Waals surface area contributed by atoms with Crippen molar-refractivity contribution in [1.29, 1.82) is 0 Å². The molecule has 0 aromatic heterocycles. The Kier molecular flexibility index (Phi) is 9.31. The summed E-state index contributed by atoms with van der Waals surface area (Å²) in [5.41, 5.74) is -5.61. The van der Waals surface area contributed by atoms with Crippen LogP contribution in [-0.2, 0) is 24.4 Å². The van der Waals surface area contributed by atoms with Gasteiger partial charge in [0.15, 0.2) is 5.75 Å². The fourth-order valence-electron chi connectivity index (χ4n) is 4.36. The number of alkyl halides is 3. The molecule has 0 saturated heterocycles. The number of alkyl carbamates (subject to hydrolysis) is 1. The fourth-order valence-corrected chi connectivity index (χ4v) is 4.83. The minimum Gasteiger partial charge on any atom is -0.466 e. The predicted octanol–water partition coefficient (Wildman–Crippen LogP) is 6.73. The maximum absolute atomic E-state index is 16.0. The standard InChI is InChI=1S/C28H33F4NO7S/c1-7-38-23(34)14-21(33-26(35)39-27(4,5)6)20-13-18(12-19(25(20)29)17-8-9-17)24-16(3)10-15(2)11-22(24)40-41(36,37)28(30,31)32/h10-13,17,21H,7-9,14H2,1-6H3,(H,33,35)/t21-/m0/s1. The molecular weight excluding hydrogens is 570 g/mol. The summed E-state index contributed by atoms with van der Waals surface area (Å²) in [7, 11) is -6.03. The van der Waals surface area contributed by atoms with Gasteiger partial charge in [-0.1, -0.05) is 6.07 Å². The van der Waals surface area contributed by atoms with Crippen molar-refractivity contribution in [3.63, 3.8) is 0 Å². The van der Waals surface area contributed by atoms with Crippen LogP contribution in [0.2, 0.25) is 0 Å². The van der Waals surface area contributed by atoms with Gasteiger partial charge in [0.1, 0.15) is 11.4 Å². The van der Waals surface area contributed by atoms with Crippen molar-refractivity contribution < 1.29 is 49.2 Å². The van der Waals surface area contributed by atoms with Gasteiger partial charge < -0.3 is 19.0 Å². The van der Waals surface area contributed by atoms with Crippen LogP contribution >= 0.6 is 0 Å². The van der Waals surface area contributed by atoms with E-state index in [-0.39, 0.29) is 34.8 Å². The minimum atomic E-state index is -6.03. The Morgan fingerprint density at radius 2 is 1.71 bits per heavy atom. The Bertz CT molecular complexity index is 1430. The molecular formula is C28H33F4NO7S. The molecule has 2 aromatic rings. The van der Waals surface area contributed by atoms with E-state index in [4.69, 9.17) is 9.47 Å². The van der Waals surface area contributed by atoms with Crippen molar-refractivity contribution in [3.8, 4) is 16.9 Å². The summed E-state index contributed by atoms with van der Waals surface area (Å²) in [6.45, 7) is 9.57. The van der Waals surface area contributed by atoms with Gasteiger partial charge in [-0.3, -0.25) is 4.79 Å². The Morgan fingerprint density at radius 1 is 1.07 bits per heavy atom. The van der Waals surface area contributed by atoms with Gasteiger partial charge in [-0.15, -0.1) is 0 Å². The Morgan fingerprint density at radius 3 is 2.24 bits per heavy atom. The third-order valence-corrected chi connectivity index (χ3v) is 7.07. The molecule has 0 heterocycles. The number of ether oxygens (including phenoxy) is 2. The van der Waals surface area contributed by atoms with E-state index < -0.39 is 57.3 Å². The average Bonchev–Trinajstić information content (AvgIpc) is 3.62. The number of rotatable bonds is 9. The lowest BCUT2D eigenvalue weighted by molar-refractivity contribution is -0.143. The number of carbonyl (C=O) groups excluding carboxylic acids is 2. The van der Waals surface area contributed by atoms with E-state index in [0.29, 0.717) is 24.0 Å². The van der Waals surface area contributed by atoms with Gasteiger partial charge in [-0.25, -0.2) is 9.18 Å². The van der Waals surface area contributed by atoms with Crippen molar-refractivity contribution in [3.05, 3.63) is 52.3 Å².